The SMILES string of the molecule is CCCCCCCCN1C(=O)c2c(-c3cc4c(CCC(CC)CCCC)c5sc(C(C)(C)C)cc5c(CCC(CC)CCCC)c4s3)sc(C(C)C)c2C1=O. The van der Waals surface area contributed by atoms with Gasteiger partial charge in [-0.15, -0.1) is 34.0 Å². The molecule has 6 heteroatoms. The highest BCUT2D eigenvalue weighted by Crippen LogP contribution is 2.51. The maximum atomic E-state index is 14.3. The smallest absolute Gasteiger partial charge is 0.263 e. The van der Waals surface area contributed by atoms with Gasteiger partial charge in [-0.25, -0.2) is 0 Å². The molecule has 0 radical (unpaired) electrons. The molecule has 4 aromatic rings. The van der Waals surface area contributed by atoms with Crippen LogP contribution < -0.4 is 0 Å². The van der Waals surface area contributed by atoms with Gasteiger partial charge in [0.1, 0.15) is 0 Å². The standard InChI is InChI=1S/C49H73NO2S3/c1-11-16-19-20-21-22-29-50-47(51)41-42(48(50)52)46(55-43(41)32(6)7)39-30-37-35(27-25-33(14-4)23-17-12-2)45-38(31-40(54-45)49(8,9)10)36(44(37)53-39)28-26-34(15-5)24-18-13-3/h30-34H,11-29H2,1-10H3. The summed E-state index contributed by atoms with van der Waals surface area (Å²) in [6, 6.07) is 5.02. The van der Waals surface area contributed by atoms with Gasteiger partial charge >= 0.3 is 0 Å². The molecule has 3 aromatic heterocycles. The molecule has 1 aliphatic rings. The summed E-state index contributed by atoms with van der Waals surface area (Å²) in [7, 11) is 0. The van der Waals surface area contributed by atoms with Crippen LogP contribution in [0.15, 0.2) is 12.1 Å². The van der Waals surface area contributed by atoms with Crippen molar-refractivity contribution in [2.75, 3.05) is 6.54 Å². The second-order valence-corrected chi connectivity index (χ2v) is 21.2. The van der Waals surface area contributed by atoms with Crippen molar-refractivity contribution in [1.82, 2.24) is 4.90 Å². The van der Waals surface area contributed by atoms with Gasteiger partial charge < -0.3 is 0 Å². The fourth-order valence-electron chi connectivity index (χ4n) is 8.75. The van der Waals surface area contributed by atoms with Crippen molar-refractivity contribution < 1.29 is 9.59 Å². The first kappa shape index (κ1) is 44.1. The Kier molecular flexibility index (Phi) is 16.1. The second kappa shape index (κ2) is 20.1. The third-order valence-corrected chi connectivity index (χ3v) is 16.9. The Morgan fingerprint density at radius 2 is 1.15 bits per heavy atom. The van der Waals surface area contributed by atoms with Gasteiger partial charge in [-0.3, -0.25) is 14.5 Å². The molecule has 5 rings (SSSR count). The Morgan fingerprint density at radius 1 is 0.618 bits per heavy atom. The summed E-state index contributed by atoms with van der Waals surface area (Å²) in [5, 5.41) is 2.89. The molecule has 0 saturated carbocycles. The highest BCUT2D eigenvalue weighted by atomic mass is 32.1. The molecule has 55 heavy (non-hydrogen) atoms. The molecule has 304 valence electrons. The van der Waals surface area contributed by atoms with Gasteiger partial charge in [-0.05, 0) is 89.3 Å². The number of rotatable bonds is 23. The van der Waals surface area contributed by atoms with Crippen LogP contribution in [-0.4, -0.2) is 23.3 Å². The number of hydrogen-bond acceptors (Lipinski definition) is 5. The quantitative estimate of drug-likeness (QED) is 0.0553. The van der Waals surface area contributed by atoms with Crippen LogP contribution in [0.5, 0.6) is 0 Å². The lowest BCUT2D eigenvalue weighted by molar-refractivity contribution is 0.0651. The molecule has 1 aliphatic heterocycles. The van der Waals surface area contributed by atoms with E-state index >= 15 is 0 Å². The summed E-state index contributed by atoms with van der Waals surface area (Å²) in [5.74, 6) is 1.54. The van der Waals surface area contributed by atoms with E-state index < -0.39 is 0 Å². The normalized spacial score (nSPS) is 14.7. The number of thiophene rings is 3. The number of fused-ring (bicyclic) bond motifs is 3. The Bertz CT molecular complexity index is 1810. The van der Waals surface area contributed by atoms with E-state index in [4.69, 9.17) is 0 Å². The first-order valence-corrected chi connectivity index (χ1v) is 24.9. The van der Waals surface area contributed by atoms with Gasteiger partial charge in [-0.1, -0.05) is 153 Å². The van der Waals surface area contributed by atoms with Crippen molar-refractivity contribution in [1.29, 1.82) is 0 Å². The molecular weight excluding hydrogens is 731 g/mol. The molecule has 0 saturated heterocycles. The average Bonchev–Trinajstić information content (AvgIpc) is 3.94. The van der Waals surface area contributed by atoms with Gasteiger partial charge in [-0.2, -0.15) is 0 Å². The van der Waals surface area contributed by atoms with Crippen molar-refractivity contribution in [3.63, 3.8) is 0 Å². The molecule has 0 N–H and O–H groups in total. The zero-order chi connectivity index (χ0) is 39.9. The van der Waals surface area contributed by atoms with Gasteiger partial charge in [0.05, 0.1) is 16.0 Å². The number of imide groups is 1. The number of carbonyl (C=O) groups is 2. The number of benzene rings is 1. The maximum Gasteiger partial charge on any atom is 0.263 e. The van der Waals surface area contributed by atoms with E-state index in [1.807, 2.05) is 22.7 Å². The monoisotopic (exact) mass is 803 g/mol. The lowest BCUT2D eigenvalue weighted by Crippen LogP contribution is -2.31. The largest absolute Gasteiger partial charge is 0.274 e. The minimum Gasteiger partial charge on any atom is -0.274 e. The fourth-order valence-corrected chi connectivity index (χ4v) is 12.7. The molecular formula is C49H73NO2S3. The number of carbonyl (C=O) groups excluding carboxylic acids is 2. The van der Waals surface area contributed by atoms with Crippen LogP contribution in [-0.2, 0) is 18.3 Å². The van der Waals surface area contributed by atoms with E-state index in [0.29, 0.717) is 17.7 Å². The van der Waals surface area contributed by atoms with Crippen LogP contribution >= 0.6 is 34.0 Å². The van der Waals surface area contributed by atoms with E-state index in [0.717, 1.165) is 47.3 Å². The first-order chi connectivity index (χ1) is 26.4. The minimum absolute atomic E-state index is 0.0622. The topological polar surface area (TPSA) is 37.4 Å². The van der Waals surface area contributed by atoms with E-state index in [2.05, 4.69) is 81.4 Å². The predicted molar refractivity (Wildman–Crippen MR) is 245 cm³/mol. The van der Waals surface area contributed by atoms with Crippen LogP contribution in [0.1, 0.15) is 219 Å². The van der Waals surface area contributed by atoms with E-state index in [1.165, 1.54) is 131 Å². The number of unbranched alkanes of at least 4 members (excludes halogenated alkanes) is 7. The third-order valence-electron chi connectivity index (χ3n) is 12.4. The van der Waals surface area contributed by atoms with Gasteiger partial charge in [0.25, 0.3) is 11.8 Å². The zero-order valence-corrected chi connectivity index (χ0v) is 38.8. The summed E-state index contributed by atoms with van der Waals surface area (Å²) < 4.78 is 2.93. The molecule has 0 spiro atoms. The molecule has 2 atom stereocenters. The highest BCUT2D eigenvalue weighted by molar-refractivity contribution is 7.27. The molecule has 4 heterocycles. The Labute approximate surface area is 347 Å². The van der Waals surface area contributed by atoms with Crippen LogP contribution in [0.3, 0.4) is 0 Å². The summed E-state index contributed by atoms with van der Waals surface area (Å²) in [4.78, 5) is 34.8. The van der Waals surface area contributed by atoms with Crippen LogP contribution in [0.25, 0.3) is 29.9 Å². The van der Waals surface area contributed by atoms with E-state index in [9.17, 15) is 9.59 Å². The van der Waals surface area contributed by atoms with Crippen molar-refractivity contribution in [2.24, 2.45) is 11.8 Å². The minimum atomic E-state index is -0.0659. The molecule has 0 fully saturated rings. The van der Waals surface area contributed by atoms with Crippen molar-refractivity contribution in [3.8, 4) is 9.75 Å². The van der Waals surface area contributed by atoms with E-state index in [1.54, 1.807) is 16.2 Å². The summed E-state index contributed by atoms with van der Waals surface area (Å²) >= 11 is 5.67. The predicted octanol–water partition coefficient (Wildman–Crippen LogP) is 16.5. The number of aryl methyl sites for hydroxylation is 2. The fraction of sp³-hybridized carbons (Fsp3) is 0.673. The van der Waals surface area contributed by atoms with E-state index in [-0.39, 0.29) is 23.1 Å². The second-order valence-electron chi connectivity index (χ2n) is 18.1. The Balaban J connectivity index is 1.66. The molecule has 0 aliphatic carbocycles. The summed E-state index contributed by atoms with van der Waals surface area (Å²) in [5.41, 5.74) is 4.52. The molecule has 0 bridgehead atoms. The third kappa shape index (κ3) is 9.99. The van der Waals surface area contributed by atoms with Gasteiger partial charge in [0.2, 0.25) is 0 Å². The lowest BCUT2D eigenvalue weighted by Gasteiger charge is -2.18. The Hall–Kier alpha value is -2.02. The molecule has 2 amide bonds. The Morgan fingerprint density at radius 3 is 1.69 bits per heavy atom. The van der Waals surface area contributed by atoms with Gasteiger partial charge in [0, 0.05) is 30.6 Å². The highest BCUT2D eigenvalue weighted by Gasteiger charge is 2.42. The first-order valence-electron chi connectivity index (χ1n) is 22.4. The molecule has 3 nitrogen and oxygen atoms in total. The summed E-state index contributed by atoms with van der Waals surface area (Å²) in [6.07, 6.45) is 21.7. The van der Waals surface area contributed by atoms with Crippen molar-refractivity contribution >= 4 is 66.0 Å². The molecule has 2 unspecified atom stereocenters. The van der Waals surface area contributed by atoms with Crippen LogP contribution in [0, 0.1) is 11.8 Å². The number of hydrogen-bond donors (Lipinski definition) is 0. The van der Waals surface area contributed by atoms with Crippen molar-refractivity contribution in [3.05, 3.63) is 44.1 Å². The maximum absolute atomic E-state index is 14.3. The summed E-state index contributed by atoms with van der Waals surface area (Å²) in [6.45, 7) is 23.6. The van der Waals surface area contributed by atoms with Crippen LogP contribution in [0.2, 0.25) is 0 Å². The van der Waals surface area contributed by atoms with Gasteiger partial charge in [0.15, 0.2) is 0 Å². The average molecular weight is 804 g/mol. The van der Waals surface area contributed by atoms with Crippen LogP contribution in [0.4, 0.5) is 0 Å². The number of nitrogens with zero attached hydrogens (tertiary/aromatic N) is 1. The lowest BCUT2D eigenvalue weighted by atomic mass is 9.87. The van der Waals surface area contributed by atoms with Crippen molar-refractivity contribution in [2.45, 2.75) is 196 Å². The molecule has 1 aromatic carbocycles. The zero-order valence-electron chi connectivity index (χ0n) is 36.3. The number of amides is 2.